The summed E-state index contributed by atoms with van der Waals surface area (Å²) in [7, 11) is 1.65. The first-order valence-corrected chi connectivity index (χ1v) is 10.9. The summed E-state index contributed by atoms with van der Waals surface area (Å²) in [5.74, 6) is 0.960. The highest BCUT2D eigenvalue weighted by Gasteiger charge is 2.31. The number of nitrogens with one attached hydrogen (secondary N) is 2. The number of rotatable bonds is 7. The first kappa shape index (κ1) is 21.2. The van der Waals surface area contributed by atoms with Gasteiger partial charge in [0.2, 0.25) is 11.8 Å². The molecule has 1 unspecified atom stereocenters. The van der Waals surface area contributed by atoms with E-state index >= 15 is 0 Å². The van der Waals surface area contributed by atoms with Crippen LogP contribution in [0.25, 0.3) is 0 Å². The highest BCUT2D eigenvalue weighted by molar-refractivity contribution is 5.94. The molecule has 7 heteroatoms. The fourth-order valence-corrected chi connectivity index (χ4v) is 4.43. The molecule has 31 heavy (non-hydrogen) atoms. The average Bonchev–Trinajstić information content (AvgIpc) is 3.29. The largest absolute Gasteiger partial charge is 0.493 e. The van der Waals surface area contributed by atoms with Gasteiger partial charge in [0, 0.05) is 31.0 Å². The number of nitrogens with zero attached hydrogens (tertiary/aromatic N) is 1. The minimum absolute atomic E-state index is 0.0754. The van der Waals surface area contributed by atoms with Crippen molar-refractivity contribution < 1.29 is 19.1 Å². The summed E-state index contributed by atoms with van der Waals surface area (Å²) < 4.78 is 11.7. The molecule has 0 bridgehead atoms. The lowest BCUT2D eigenvalue weighted by Gasteiger charge is -2.29. The van der Waals surface area contributed by atoms with E-state index in [1.807, 2.05) is 18.2 Å². The molecule has 2 N–H and O–H groups in total. The second-order valence-corrected chi connectivity index (χ2v) is 8.30. The van der Waals surface area contributed by atoms with Crippen molar-refractivity contribution in [3.63, 3.8) is 0 Å². The van der Waals surface area contributed by atoms with E-state index in [0.717, 1.165) is 29.9 Å². The SMILES string of the molecule is COc1ccc([C@H]2CNC(=O)C(CC(=O)Nc3cccnc3)C2)cc1OC1CCCC1. The number of hydrogen-bond donors (Lipinski definition) is 2. The number of ether oxygens (including phenoxy) is 2. The van der Waals surface area contributed by atoms with E-state index in [1.54, 1.807) is 31.6 Å². The molecule has 1 saturated carbocycles. The molecular weight excluding hydrogens is 394 g/mol. The molecule has 1 aromatic heterocycles. The quantitative estimate of drug-likeness (QED) is 0.709. The van der Waals surface area contributed by atoms with Gasteiger partial charge in [-0.25, -0.2) is 0 Å². The molecule has 2 fully saturated rings. The van der Waals surface area contributed by atoms with Crippen LogP contribution in [0, 0.1) is 5.92 Å². The van der Waals surface area contributed by atoms with E-state index in [4.69, 9.17) is 9.47 Å². The molecule has 2 heterocycles. The predicted octanol–water partition coefficient (Wildman–Crippen LogP) is 3.66. The van der Waals surface area contributed by atoms with E-state index in [9.17, 15) is 9.59 Å². The van der Waals surface area contributed by atoms with Crippen molar-refractivity contribution in [2.45, 2.75) is 50.5 Å². The second kappa shape index (κ2) is 9.81. The first-order valence-electron chi connectivity index (χ1n) is 10.9. The number of piperidine rings is 1. The number of aromatic nitrogens is 1. The maximum atomic E-state index is 12.4. The number of pyridine rings is 1. The Morgan fingerprint density at radius 2 is 2.06 bits per heavy atom. The zero-order chi connectivity index (χ0) is 21.6. The smallest absolute Gasteiger partial charge is 0.225 e. The summed E-state index contributed by atoms with van der Waals surface area (Å²) in [5.41, 5.74) is 1.72. The van der Waals surface area contributed by atoms with E-state index in [2.05, 4.69) is 15.6 Å². The van der Waals surface area contributed by atoms with Crippen LogP contribution in [0.4, 0.5) is 5.69 Å². The lowest BCUT2D eigenvalue weighted by Crippen LogP contribution is -2.42. The number of hydrogen-bond acceptors (Lipinski definition) is 5. The van der Waals surface area contributed by atoms with Gasteiger partial charge in [0.25, 0.3) is 0 Å². The third-order valence-electron chi connectivity index (χ3n) is 6.09. The van der Waals surface area contributed by atoms with Gasteiger partial charge in [-0.15, -0.1) is 0 Å². The van der Waals surface area contributed by atoms with Gasteiger partial charge in [0.05, 0.1) is 25.1 Å². The number of methoxy groups -OCH3 is 1. The van der Waals surface area contributed by atoms with Gasteiger partial charge in [0.1, 0.15) is 0 Å². The van der Waals surface area contributed by atoms with Crippen LogP contribution < -0.4 is 20.1 Å². The van der Waals surface area contributed by atoms with Crippen LogP contribution in [0.15, 0.2) is 42.7 Å². The Morgan fingerprint density at radius 3 is 2.81 bits per heavy atom. The van der Waals surface area contributed by atoms with Gasteiger partial charge in [-0.1, -0.05) is 6.07 Å². The predicted molar refractivity (Wildman–Crippen MR) is 117 cm³/mol. The van der Waals surface area contributed by atoms with Crippen LogP contribution in [0.2, 0.25) is 0 Å². The monoisotopic (exact) mass is 423 g/mol. The van der Waals surface area contributed by atoms with E-state index in [0.29, 0.717) is 18.7 Å². The topological polar surface area (TPSA) is 89.5 Å². The van der Waals surface area contributed by atoms with Crippen molar-refractivity contribution in [1.82, 2.24) is 10.3 Å². The maximum Gasteiger partial charge on any atom is 0.225 e. The molecule has 1 aromatic carbocycles. The van der Waals surface area contributed by atoms with Gasteiger partial charge in [-0.05, 0) is 61.9 Å². The van der Waals surface area contributed by atoms with E-state index in [1.165, 1.54) is 12.8 Å². The molecule has 2 aliphatic rings. The van der Waals surface area contributed by atoms with Gasteiger partial charge < -0.3 is 20.1 Å². The van der Waals surface area contributed by atoms with Gasteiger partial charge in [-0.2, -0.15) is 0 Å². The molecule has 4 rings (SSSR count). The molecule has 0 spiro atoms. The second-order valence-electron chi connectivity index (χ2n) is 8.30. The zero-order valence-corrected chi connectivity index (χ0v) is 17.8. The molecule has 2 atom stereocenters. The Kier molecular flexibility index (Phi) is 6.70. The molecular formula is C24H29N3O4. The molecule has 0 radical (unpaired) electrons. The Bertz CT molecular complexity index is 912. The van der Waals surface area contributed by atoms with Crippen molar-refractivity contribution in [1.29, 1.82) is 0 Å². The van der Waals surface area contributed by atoms with Gasteiger partial charge >= 0.3 is 0 Å². The van der Waals surface area contributed by atoms with Crippen LogP contribution in [0.1, 0.15) is 50.0 Å². The van der Waals surface area contributed by atoms with Crippen LogP contribution in [-0.2, 0) is 9.59 Å². The molecule has 1 saturated heterocycles. The fraction of sp³-hybridized carbons (Fsp3) is 0.458. The summed E-state index contributed by atoms with van der Waals surface area (Å²) in [6.07, 6.45) is 8.76. The molecule has 2 amide bonds. The first-order chi connectivity index (χ1) is 15.1. The molecule has 2 aromatic rings. The minimum Gasteiger partial charge on any atom is -0.493 e. The minimum atomic E-state index is -0.378. The lowest BCUT2D eigenvalue weighted by atomic mass is 9.83. The fourth-order valence-electron chi connectivity index (χ4n) is 4.43. The standard InChI is InChI=1S/C24H29N3O4/c1-30-21-9-8-16(12-22(21)31-20-6-2-3-7-20)18-11-17(24(29)26-14-18)13-23(28)27-19-5-4-10-25-15-19/h4-5,8-10,12,15,17-18,20H,2-3,6-7,11,13-14H2,1H3,(H,26,29)(H,27,28)/t17?,18-/m1/s1. The van der Waals surface area contributed by atoms with Crippen LogP contribution in [-0.4, -0.2) is 36.6 Å². The van der Waals surface area contributed by atoms with Crippen molar-refractivity contribution in [3.8, 4) is 11.5 Å². The molecule has 7 nitrogen and oxygen atoms in total. The summed E-state index contributed by atoms with van der Waals surface area (Å²) in [4.78, 5) is 28.8. The number of carbonyl (C=O) groups is 2. The van der Waals surface area contributed by atoms with Crippen molar-refractivity contribution in [2.75, 3.05) is 19.0 Å². The Morgan fingerprint density at radius 1 is 1.23 bits per heavy atom. The van der Waals surface area contributed by atoms with Gasteiger partial charge in [-0.3, -0.25) is 14.6 Å². The number of amides is 2. The number of benzene rings is 1. The van der Waals surface area contributed by atoms with Crippen LogP contribution in [0.3, 0.4) is 0 Å². The summed E-state index contributed by atoms with van der Waals surface area (Å²) in [6, 6.07) is 9.52. The molecule has 164 valence electrons. The summed E-state index contributed by atoms with van der Waals surface area (Å²) >= 11 is 0. The number of carbonyl (C=O) groups excluding carboxylic acids is 2. The zero-order valence-electron chi connectivity index (χ0n) is 17.8. The summed E-state index contributed by atoms with van der Waals surface area (Å²) in [5, 5.41) is 5.78. The van der Waals surface area contributed by atoms with Crippen molar-refractivity contribution in [3.05, 3.63) is 48.3 Å². The molecule has 1 aliphatic heterocycles. The normalized spacial score (nSPS) is 21.4. The molecule has 1 aliphatic carbocycles. The Hall–Kier alpha value is -3.09. The highest BCUT2D eigenvalue weighted by Crippen LogP contribution is 2.37. The van der Waals surface area contributed by atoms with E-state index in [-0.39, 0.29) is 36.2 Å². The third kappa shape index (κ3) is 5.34. The van der Waals surface area contributed by atoms with Crippen molar-refractivity contribution >= 4 is 17.5 Å². The van der Waals surface area contributed by atoms with Gasteiger partial charge in [0.15, 0.2) is 11.5 Å². The summed E-state index contributed by atoms with van der Waals surface area (Å²) in [6.45, 7) is 0.550. The highest BCUT2D eigenvalue weighted by atomic mass is 16.5. The average molecular weight is 424 g/mol. The van der Waals surface area contributed by atoms with Crippen LogP contribution >= 0.6 is 0 Å². The lowest BCUT2D eigenvalue weighted by molar-refractivity contribution is -0.130. The Labute approximate surface area is 182 Å². The van der Waals surface area contributed by atoms with Crippen molar-refractivity contribution in [2.24, 2.45) is 5.92 Å². The number of anilines is 1. The van der Waals surface area contributed by atoms with Crippen LogP contribution in [0.5, 0.6) is 11.5 Å². The Balaban J connectivity index is 1.43. The maximum absolute atomic E-state index is 12.4. The van der Waals surface area contributed by atoms with E-state index < -0.39 is 0 Å². The third-order valence-corrected chi connectivity index (χ3v) is 6.09.